The molecule has 2 N–H and O–H groups in total. The van der Waals surface area contributed by atoms with Crippen LogP contribution in [0.2, 0.25) is 10.0 Å². The summed E-state index contributed by atoms with van der Waals surface area (Å²) >= 11 is 11.9. The first kappa shape index (κ1) is 18.2. The summed E-state index contributed by atoms with van der Waals surface area (Å²) in [5.74, 6) is 0.113. The Labute approximate surface area is 161 Å². The van der Waals surface area contributed by atoms with Crippen molar-refractivity contribution in [2.45, 2.75) is 13.5 Å². The van der Waals surface area contributed by atoms with Gasteiger partial charge in [0.25, 0.3) is 5.91 Å². The predicted octanol–water partition coefficient (Wildman–Crippen LogP) is 4.96. The lowest BCUT2D eigenvalue weighted by atomic mass is 10.1. The molecule has 0 spiro atoms. The van der Waals surface area contributed by atoms with Crippen LogP contribution in [0, 0.1) is 6.92 Å². The van der Waals surface area contributed by atoms with Crippen LogP contribution in [0.3, 0.4) is 0 Å². The zero-order valence-electron chi connectivity index (χ0n) is 14.0. The molecule has 0 atom stereocenters. The number of halogens is 2. The summed E-state index contributed by atoms with van der Waals surface area (Å²) in [5.41, 5.74) is 3.17. The quantitative estimate of drug-likeness (QED) is 0.650. The molecule has 0 aliphatic heterocycles. The number of amides is 1. The fourth-order valence-corrected chi connectivity index (χ4v) is 2.90. The maximum atomic E-state index is 12.3. The molecule has 5 nitrogen and oxygen atoms in total. The van der Waals surface area contributed by atoms with E-state index in [4.69, 9.17) is 23.2 Å². The van der Waals surface area contributed by atoms with E-state index >= 15 is 0 Å². The maximum absolute atomic E-state index is 12.3. The summed E-state index contributed by atoms with van der Waals surface area (Å²) in [6.07, 6.45) is 2.93. The zero-order valence-corrected chi connectivity index (χ0v) is 15.5. The van der Waals surface area contributed by atoms with E-state index in [-0.39, 0.29) is 5.91 Å². The lowest BCUT2D eigenvalue weighted by Crippen LogP contribution is -2.13. The van der Waals surface area contributed by atoms with Crippen LogP contribution in [0.4, 0.5) is 11.6 Å². The summed E-state index contributed by atoms with van der Waals surface area (Å²) in [7, 11) is 0. The molecule has 0 saturated heterocycles. The average molecular weight is 387 g/mol. The molecule has 0 saturated carbocycles. The zero-order chi connectivity index (χ0) is 18.5. The molecule has 2 aromatic carbocycles. The van der Waals surface area contributed by atoms with Crippen LogP contribution < -0.4 is 10.6 Å². The molecule has 1 aromatic heterocycles. The molecule has 3 aromatic rings. The van der Waals surface area contributed by atoms with E-state index in [9.17, 15) is 4.79 Å². The van der Waals surface area contributed by atoms with Gasteiger partial charge in [-0.25, -0.2) is 9.97 Å². The van der Waals surface area contributed by atoms with Crippen LogP contribution in [-0.4, -0.2) is 15.9 Å². The average Bonchev–Trinajstić information content (AvgIpc) is 2.59. The van der Waals surface area contributed by atoms with E-state index in [0.29, 0.717) is 33.8 Å². The van der Waals surface area contributed by atoms with Gasteiger partial charge < -0.3 is 10.6 Å². The van der Waals surface area contributed by atoms with Crippen molar-refractivity contribution in [2.75, 3.05) is 10.6 Å². The van der Waals surface area contributed by atoms with Gasteiger partial charge in [-0.3, -0.25) is 4.79 Å². The number of nitrogens with zero attached hydrogens (tertiary/aromatic N) is 2. The first-order valence-corrected chi connectivity index (χ1v) is 8.64. The van der Waals surface area contributed by atoms with Crippen molar-refractivity contribution in [3.05, 3.63) is 81.6 Å². The number of carbonyl (C=O) groups is 1. The topological polar surface area (TPSA) is 66.9 Å². The highest BCUT2D eigenvalue weighted by Crippen LogP contribution is 2.22. The van der Waals surface area contributed by atoms with Crippen LogP contribution in [0.1, 0.15) is 21.5 Å². The lowest BCUT2D eigenvalue weighted by molar-refractivity contribution is 0.102. The van der Waals surface area contributed by atoms with Crippen molar-refractivity contribution < 1.29 is 4.79 Å². The molecule has 1 heterocycles. The number of nitrogens with one attached hydrogen (secondary N) is 2. The van der Waals surface area contributed by atoms with Gasteiger partial charge in [-0.2, -0.15) is 0 Å². The van der Waals surface area contributed by atoms with Crippen molar-refractivity contribution in [2.24, 2.45) is 0 Å². The van der Waals surface area contributed by atoms with Crippen LogP contribution in [0.5, 0.6) is 0 Å². The standard InChI is InChI=1S/C19H16Cl2N4O/c1-12-3-2-4-13(5-12)9-22-19-23-10-14(11-24-19)18(26)25-17-7-15(20)6-16(21)8-17/h2-8,10-11H,9H2,1H3,(H,25,26)(H,22,23,24). The Hall–Kier alpha value is -2.63. The van der Waals surface area contributed by atoms with Crippen LogP contribution in [0.15, 0.2) is 54.9 Å². The lowest BCUT2D eigenvalue weighted by Gasteiger charge is -2.08. The fraction of sp³-hybridized carbons (Fsp3) is 0.105. The number of rotatable bonds is 5. The van der Waals surface area contributed by atoms with Gasteiger partial charge in [0.15, 0.2) is 0 Å². The highest BCUT2D eigenvalue weighted by atomic mass is 35.5. The minimum atomic E-state index is -0.339. The van der Waals surface area contributed by atoms with Gasteiger partial charge in [0.05, 0.1) is 5.56 Å². The highest BCUT2D eigenvalue weighted by Gasteiger charge is 2.09. The normalized spacial score (nSPS) is 10.4. The molecule has 0 fully saturated rings. The molecule has 26 heavy (non-hydrogen) atoms. The van der Waals surface area contributed by atoms with Crippen molar-refractivity contribution in [1.82, 2.24) is 9.97 Å². The third-order valence-electron chi connectivity index (χ3n) is 3.57. The van der Waals surface area contributed by atoms with E-state index in [1.165, 1.54) is 18.0 Å². The molecule has 3 rings (SSSR count). The molecule has 0 aliphatic rings. The van der Waals surface area contributed by atoms with E-state index < -0.39 is 0 Å². The number of benzene rings is 2. The molecule has 0 radical (unpaired) electrons. The van der Waals surface area contributed by atoms with E-state index in [1.807, 2.05) is 25.1 Å². The third-order valence-corrected chi connectivity index (χ3v) is 4.00. The predicted molar refractivity (Wildman–Crippen MR) is 105 cm³/mol. The molecular formula is C19H16Cl2N4O. The second-order valence-electron chi connectivity index (χ2n) is 5.75. The summed E-state index contributed by atoms with van der Waals surface area (Å²) < 4.78 is 0. The number of aromatic nitrogens is 2. The summed E-state index contributed by atoms with van der Waals surface area (Å²) in [5, 5.41) is 6.73. The van der Waals surface area contributed by atoms with E-state index in [0.717, 1.165) is 5.56 Å². The summed E-state index contributed by atoms with van der Waals surface area (Å²) in [6.45, 7) is 2.65. The highest BCUT2D eigenvalue weighted by molar-refractivity contribution is 6.35. The van der Waals surface area contributed by atoms with Gasteiger partial charge in [0, 0.05) is 34.7 Å². The number of carbonyl (C=O) groups excluding carboxylic acids is 1. The third kappa shape index (κ3) is 4.94. The number of hydrogen-bond acceptors (Lipinski definition) is 4. The minimum Gasteiger partial charge on any atom is -0.350 e. The molecule has 7 heteroatoms. The van der Waals surface area contributed by atoms with Gasteiger partial charge >= 0.3 is 0 Å². The number of hydrogen-bond donors (Lipinski definition) is 2. The van der Waals surface area contributed by atoms with Gasteiger partial charge in [0.1, 0.15) is 0 Å². The fourth-order valence-electron chi connectivity index (χ4n) is 2.37. The van der Waals surface area contributed by atoms with Crippen molar-refractivity contribution in [3.63, 3.8) is 0 Å². The molecule has 0 aliphatic carbocycles. The Kier molecular flexibility index (Phi) is 5.71. The van der Waals surface area contributed by atoms with Gasteiger partial charge in [-0.05, 0) is 30.7 Å². The van der Waals surface area contributed by atoms with Crippen molar-refractivity contribution >= 4 is 40.7 Å². The Morgan fingerprint density at radius 1 is 1.04 bits per heavy atom. The van der Waals surface area contributed by atoms with Crippen LogP contribution in [0.25, 0.3) is 0 Å². The Balaban J connectivity index is 1.62. The minimum absolute atomic E-state index is 0.335. The molecule has 0 unspecified atom stereocenters. The van der Waals surface area contributed by atoms with Crippen molar-refractivity contribution in [3.8, 4) is 0 Å². The number of anilines is 2. The Morgan fingerprint density at radius 3 is 2.38 bits per heavy atom. The Morgan fingerprint density at radius 2 is 1.73 bits per heavy atom. The molecule has 132 valence electrons. The second kappa shape index (κ2) is 8.17. The van der Waals surface area contributed by atoms with Crippen molar-refractivity contribution in [1.29, 1.82) is 0 Å². The summed E-state index contributed by atoms with van der Waals surface area (Å²) in [4.78, 5) is 20.6. The monoisotopic (exact) mass is 386 g/mol. The summed E-state index contributed by atoms with van der Waals surface area (Å²) in [6, 6.07) is 13.0. The van der Waals surface area contributed by atoms with Gasteiger partial charge in [-0.15, -0.1) is 0 Å². The molecule has 1 amide bonds. The SMILES string of the molecule is Cc1cccc(CNc2ncc(C(=O)Nc3cc(Cl)cc(Cl)c3)cn2)c1. The van der Waals surface area contributed by atoms with Gasteiger partial charge in [0.2, 0.25) is 5.95 Å². The Bertz CT molecular complexity index is 909. The number of aryl methyl sites for hydroxylation is 1. The largest absolute Gasteiger partial charge is 0.350 e. The second-order valence-corrected chi connectivity index (χ2v) is 6.62. The first-order valence-electron chi connectivity index (χ1n) is 7.88. The van der Waals surface area contributed by atoms with Crippen LogP contribution in [-0.2, 0) is 6.54 Å². The smallest absolute Gasteiger partial charge is 0.258 e. The van der Waals surface area contributed by atoms with Gasteiger partial charge in [-0.1, -0.05) is 53.0 Å². The van der Waals surface area contributed by atoms with E-state index in [2.05, 4.69) is 26.7 Å². The van der Waals surface area contributed by atoms with Crippen LogP contribution >= 0.6 is 23.2 Å². The molecular weight excluding hydrogens is 371 g/mol. The molecule has 0 bridgehead atoms. The first-order chi connectivity index (χ1) is 12.5. The van der Waals surface area contributed by atoms with E-state index in [1.54, 1.807) is 18.2 Å². The maximum Gasteiger partial charge on any atom is 0.258 e.